The first kappa shape index (κ1) is 10.4. The molecule has 0 amide bonds. The average molecular weight is 206 g/mol. The van der Waals surface area contributed by atoms with E-state index in [9.17, 15) is 23.3 Å². The van der Waals surface area contributed by atoms with Crippen LogP contribution in [0.5, 0.6) is 0 Å². The van der Waals surface area contributed by atoms with E-state index in [-0.39, 0.29) is 5.69 Å². The molecule has 0 aliphatic carbocycles. The first-order valence-electron chi connectivity index (χ1n) is 3.53. The highest BCUT2D eigenvalue weighted by Crippen LogP contribution is 2.25. The monoisotopic (exact) mass is 206 g/mol. The van der Waals surface area contributed by atoms with E-state index < -0.39 is 28.5 Å². The molecular weight excluding hydrogens is 201 g/mol. The van der Waals surface area contributed by atoms with Crippen LogP contribution in [0.3, 0.4) is 0 Å². The molecule has 0 radical (unpaired) electrons. The molecular formula is C7H5F3N2O2. The molecule has 0 bridgehead atoms. The Hall–Kier alpha value is -1.66. The summed E-state index contributed by atoms with van der Waals surface area (Å²) >= 11 is 0. The number of aryl methyl sites for hydroxylation is 1. The molecule has 14 heavy (non-hydrogen) atoms. The molecule has 0 saturated carbocycles. The van der Waals surface area contributed by atoms with Crippen LogP contribution in [0, 0.1) is 22.9 Å². The number of nitrogens with zero attached hydrogens (tertiary/aromatic N) is 2. The van der Waals surface area contributed by atoms with E-state index in [0.717, 1.165) is 6.92 Å². The molecule has 1 aromatic rings. The summed E-state index contributed by atoms with van der Waals surface area (Å²) in [6, 6.07) is 0.371. The lowest BCUT2D eigenvalue weighted by Gasteiger charge is -2.02. The highest BCUT2D eigenvalue weighted by molar-refractivity contribution is 5.37. The summed E-state index contributed by atoms with van der Waals surface area (Å²) < 4.78 is 37.0. The number of aromatic nitrogens is 1. The van der Waals surface area contributed by atoms with Crippen molar-refractivity contribution in [1.29, 1.82) is 0 Å². The van der Waals surface area contributed by atoms with Crippen LogP contribution in [0.15, 0.2) is 6.07 Å². The molecule has 7 heteroatoms. The lowest BCUT2D eigenvalue weighted by atomic mass is 10.2. The van der Waals surface area contributed by atoms with E-state index in [1.54, 1.807) is 0 Å². The zero-order valence-corrected chi connectivity index (χ0v) is 7.00. The van der Waals surface area contributed by atoms with Crippen molar-refractivity contribution in [3.05, 3.63) is 33.4 Å². The molecule has 1 heterocycles. The van der Waals surface area contributed by atoms with Crippen molar-refractivity contribution in [1.82, 2.24) is 4.98 Å². The minimum Gasteiger partial charge on any atom is -0.258 e. The van der Waals surface area contributed by atoms with Gasteiger partial charge in [0, 0.05) is 6.07 Å². The third-order valence-electron chi connectivity index (χ3n) is 1.55. The smallest absolute Gasteiger partial charge is 0.258 e. The molecule has 0 aliphatic heterocycles. The molecule has 0 fully saturated rings. The Kier molecular flexibility index (Phi) is 2.68. The molecule has 0 unspecified atom stereocenters. The number of nitro groups is 1. The largest absolute Gasteiger partial charge is 0.325 e. The molecule has 0 atom stereocenters. The fourth-order valence-corrected chi connectivity index (χ4v) is 0.981. The highest BCUT2D eigenvalue weighted by atomic mass is 19.3. The van der Waals surface area contributed by atoms with E-state index in [0.29, 0.717) is 6.07 Å². The Morgan fingerprint density at radius 3 is 2.50 bits per heavy atom. The van der Waals surface area contributed by atoms with Gasteiger partial charge in [-0.25, -0.2) is 13.8 Å². The first-order valence-corrected chi connectivity index (χ1v) is 3.53. The van der Waals surface area contributed by atoms with E-state index >= 15 is 0 Å². The second-order valence-electron chi connectivity index (χ2n) is 2.52. The summed E-state index contributed by atoms with van der Waals surface area (Å²) in [4.78, 5) is 12.5. The van der Waals surface area contributed by atoms with E-state index in [1.165, 1.54) is 0 Å². The third-order valence-corrected chi connectivity index (χ3v) is 1.55. The number of alkyl halides is 2. The van der Waals surface area contributed by atoms with E-state index in [1.807, 2.05) is 0 Å². The molecule has 0 N–H and O–H groups in total. The van der Waals surface area contributed by atoms with Gasteiger partial charge in [0.05, 0.1) is 4.92 Å². The molecule has 0 aromatic carbocycles. The van der Waals surface area contributed by atoms with Crippen LogP contribution in [-0.4, -0.2) is 9.91 Å². The minimum atomic E-state index is -2.94. The van der Waals surface area contributed by atoms with Crippen LogP contribution < -0.4 is 0 Å². The Morgan fingerprint density at radius 2 is 2.14 bits per heavy atom. The van der Waals surface area contributed by atoms with Gasteiger partial charge in [0.25, 0.3) is 6.43 Å². The van der Waals surface area contributed by atoms with Crippen molar-refractivity contribution >= 4 is 5.69 Å². The van der Waals surface area contributed by atoms with Crippen LogP contribution in [0.1, 0.15) is 17.8 Å². The highest BCUT2D eigenvalue weighted by Gasteiger charge is 2.22. The first-order chi connectivity index (χ1) is 6.43. The normalized spacial score (nSPS) is 10.6. The number of halogens is 3. The Morgan fingerprint density at radius 1 is 1.57 bits per heavy atom. The number of hydrogen-bond donors (Lipinski definition) is 0. The summed E-state index contributed by atoms with van der Waals surface area (Å²) in [5, 5.41) is 10.3. The van der Waals surface area contributed by atoms with Gasteiger partial charge in [-0.3, -0.25) is 10.1 Å². The average Bonchev–Trinajstić information content (AvgIpc) is 2.01. The van der Waals surface area contributed by atoms with Crippen molar-refractivity contribution in [3.8, 4) is 0 Å². The summed E-state index contributed by atoms with van der Waals surface area (Å²) in [6.07, 6.45) is -2.94. The van der Waals surface area contributed by atoms with Gasteiger partial charge in [-0.2, -0.15) is 4.39 Å². The van der Waals surface area contributed by atoms with Crippen molar-refractivity contribution in [2.45, 2.75) is 13.3 Å². The van der Waals surface area contributed by atoms with Crippen LogP contribution in [0.4, 0.5) is 18.9 Å². The lowest BCUT2D eigenvalue weighted by Crippen LogP contribution is -2.02. The summed E-state index contributed by atoms with van der Waals surface area (Å²) in [6.45, 7) is 1.10. The van der Waals surface area contributed by atoms with Crippen molar-refractivity contribution < 1.29 is 18.1 Å². The van der Waals surface area contributed by atoms with Crippen molar-refractivity contribution in [2.24, 2.45) is 0 Å². The van der Waals surface area contributed by atoms with Crippen LogP contribution in [0.2, 0.25) is 0 Å². The van der Waals surface area contributed by atoms with Gasteiger partial charge in [0.2, 0.25) is 5.82 Å². The topological polar surface area (TPSA) is 56.0 Å². The van der Waals surface area contributed by atoms with Gasteiger partial charge >= 0.3 is 5.69 Å². The van der Waals surface area contributed by atoms with E-state index in [4.69, 9.17) is 0 Å². The predicted octanol–water partition coefficient (Wildman–Crippen LogP) is 2.37. The standard InChI is InChI=1S/C7H5F3N2O2/c1-3-6(12(13)14)4(8)2-5(11-3)7(9)10/h2,7H,1H3. The number of rotatable bonds is 2. The van der Waals surface area contributed by atoms with Gasteiger partial charge < -0.3 is 0 Å². The fraction of sp³-hybridized carbons (Fsp3) is 0.286. The Labute approximate surface area is 76.5 Å². The molecule has 1 aromatic heterocycles. The molecule has 0 aliphatic rings. The fourth-order valence-electron chi connectivity index (χ4n) is 0.981. The maximum Gasteiger partial charge on any atom is 0.325 e. The molecule has 0 spiro atoms. The zero-order chi connectivity index (χ0) is 10.9. The third kappa shape index (κ3) is 1.81. The Balaban J connectivity index is 3.32. The van der Waals surface area contributed by atoms with Crippen molar-refractivity contribution in [2.75, 3.05) is 0 Å². The predicted molar refractivity (Wildman–Crippen MR) is 40.5 cm³/mol. The van der Waals surface area contributed by atoms with Gasteiger partial charge in [-0.05, 0) is 6.92 Å². The van der Waals surface area contributed by atoms with Gasteiger partial charge in [-0.1, -0.05) is 0 Å². The number of pyridine rings is 1. The van der Waals surface area contributed by atoms with Crippen LogP contribution >= 0.6 is 0 Å². The quantitative estimate of drug-likeness (QED) is 0.551. The second kappa shape index (κ2) is 3.60. The maximum atomic E-state index is 12.9. The molecule has 1 rings (SSSR count). The van der Waals surface area contributed by atoms with Crippen molar-refractivity contribution in [3.63, 3.8) is 0 Å². The van der Waals surface area contributed by atoms with Gasteiger partial charge in [0.1, 0.15) is 11.4 Å². The van der Waals surface area contributed by atoms with E-state index in [2.05, 4.69) is 4.98 Å². The zero-order valence-electron chi connectivity index (χ0n) is 7.00. The summed E-state index contributed by atoms with van der Waals surface area (Å²) in [5.74, 6) is -1.29. The van der Waals surface area contributed by atoms with Gasteiger partial charge in [0.15, 0.2) is 0 Å². The molecule has 76 valence electrons. The summed E-state index contributed by atoms with van der Waals surface area (Å²) in [5.41, 5.74) is -2.02. The molecule has 4 nitrogen and oxygen atoms in total. The maximum absolute atomic E-state index is 12.9. The minimum absolute atomic E-state index is 0.356. The van der Waals surface area contributed by atoms with Gasteiger partial charge in [-0.15, -0.1) is 0 Å². The second-order valence-corrected chi connectivity index (χ2v) is 2.52. The molecule has 0 saturated heterocycles. The van der Waals surface area contributed by atoms with Crippen LogP contribution in [0.25, 0.3) is 0 Å². The lowest BCUT2D eigenvalue weighted by molar-refractivity contribution is -0.388. The summed E-state index contributed by atoms with van der Waals surface area (Å²) in [7, 11) is 0. The SMILES string of the molecule is Cc1nc(C(F)F)cc(F)c1[N+](=O)[O-]. The Bertz CT molecular complexity index is 358. The number of hydrogen-bond acceptors (Lipinski definition) is 3. The van der Waals surface area contributed by atoms with Crippen LogP contribution in [-0.2, 0) is 0 Å².